The van der Waals surface area contributed by atoms with E-state index in [2.05, 4.69) is 0 Å². The summed E-state index contributed by atoms with van der Waals surface area (Å²) in [5, 5.41) is 8.53. The third-order valence-electron chi connectivity index (χ3n) is 0.649. The number of alkyl halides is 1. The van der Waals surface area contributed by atoms with Crippen LogP contribution in [0.1, 0.15) is 13.3 Å². The molecule has 0 aromatic carbocycles. The van der Waals surface area contributed by atoms with Gasteiger partial charge in [0.2, 0.25) is 0 Å². The Hall–Kier alpha value is 0.250. The van der Waals surface area contributed by atoms with Crippen LogP contribution in [0.4, 0.5) is 0 Å². The molecule has 0 saturated heterocycles. The van der Waals surface area contributed by atoms with Gasteiger partial charge in [0, 0.05) is 5.88 Å². The summed E-state index contributed by atoms with van der Waals surface area (Å²) in [4.78, 5) is 0. The maximum Gasteiger partial charge on any atom is 0.0672 e. The molecule has 1 N–H and O–H groups in total. The summed E-state index contributed by atoms with van der Waals surface area (Å²) in [5.74, 6) is 0.358. The lowest BCUT2D eigenvalue weighted by atomic mass is 10.3. The average molecular weight is 109 g/mol. The lowest BCUT2D eigenvalue weighted by molar-refractivity contribution is 0.194. The van der Waals surface area contributed by atoms with Crippen LogP contribution in [-0.2, 0) is 0 Å². The van der Waals surface area contributed by atoms with Gasteiger partial charge < -0.3 is 5.11 Å². The first-order valence-electron chi connectivity index (χ1n) is 2.05. The molecule has 1 unspecified atom stereocenters. The highest BCUT2D eigenvalue weighted by Crippen LogP contribution is 1.90. The second-order valence-corrected chi connectivity index (χ2v) is 1.52. The van der Waals surface area contributed by atoms with Crippen molar-refractivity contribution < 1.29 is 5.11 Å². The molecule has 0 fully saturated rings. The zero-order valence-corrected chi connectivity index (χ0v) is 4.57. The van der Waals surface area contributed by atoms with Crippen LogP contribution in [0.25, 0.3) is 0 Å². The molecule has 0 radical (unpaired) electrons. The van der Waals surface area contributed by atoms with Crippen molar-refractivity contribution in [3.05, 3.63) is 0 Å². The van der Waals surface area contributed by atoms with E-state index in [4.69, 9.17) is 16.7 Å². The van der Waals surface area contributed by atoms with E-state index in [1.54, 1.807) is 0 Å². The van der Waals surface area contributed by atoms with Crippen LogP contribution in [0, 0.1) is 0 Å². The molecular weight excluding hydrogens is 99.5 g/mol. The molecule has 0 saturated carbocycles. The van der Waals surface area contributed by atoms with E-state index in [1.807, 2.05) is 6.92 Å². The first kappa shape index (κ1) is 6.25. The van der Waals surface area contributed by atoms with Crippen molar-refractivity contribution in [2.75, 3.05) is 5.88 Å². The monoisotopic (exact) mass is 108 g/mol. The fraction of sp³-hybridized carbons (Fsp3) is 1.00. The van der Waals surface area contributed by atoms with Crippen molar-refractivity contribution >= 4 is 11.6 Å². The zero-order valence-electron chi connectivity index (χ0n) is 3.82. The van der Waals surface area contributed by atoms with Crippen molar-refractivity contribution in [2.24, 2.45) is 0 Å². The Labute approximate surface area is 42.9 Å². The smallest absolute Gasteiger partial charge is 0.0672 e. The van der Waals surface area contributed by atoms with Gasteiger partial charge in [-0.1, -0.05) is 6.92 Å². The lowest BCUT2D eigenvalue weighted by Crippen LogP contribution is -2.04. The molecule has 0 heterocycles. The van der Waals surface area contributed by atoms with Crippen LogP contribution < -0.4 is 0 Å². The summed E-state index contributed by atoms with van der Waals surface area (Å²) < 4.78 is 0. The summed E-state index contributed by atoms with van der Waals surface area (Å²) >= 11 is 5.20. The minimum Gasteiger partial charge on any atom is -0.392 e. The number of halogens is 1. The van der Waals surface area contributed by atoms with Crippen LogP contribution >= 0.6 is 11.6 Å². The molecular formula is C4H9ClO. The van der Waals surface area contributed by atoms with Gasteiger partial charge in [-0.2, -0.15) is 0 Å². The molecule has 0 aliphatic heterocycles. The van der Waals surface area contributed by atoms with Crippen molar-refractivity contribution in [3.8, 4) is 0 Å². The minimum atomic E-state index is -0.299. The van der Waals surface area contributed by atoms with Crippen LogP contribution in [0.15, 0.2) is 0 Å². The molecule has 0 aromatic heterocycles. The average Bonchev–Trinajstić information content (AvgIpc) is 1.65. The number of aliphatic hydroxyl groups is 1. The molecule has 0 rings (SSSR count). The predicted octanol–water partition coefficient (Wildman–Crippen LogP) is 0.996. The molecule has 0 aliphatic rings. The van der Waals surface area contributed by atoms with E-state index >= 15 is 0 Å². The van der Waals surface area contributed by atoms with E-state index < -0.39 is 0 Å². The van der Waals surface area contributed by atoms with E-state index in [0.29, 0.717) is 5.88 Å². The van der Waals surface area contributed by atoms with E-state index in [9.17, 15) is 0 Å². The molecule has 0 bridgehead atoms. The van der Waals surface area contributed by atoms with Gasteiger partial charge in [0.05, 0.1) is 6.10 Å². The van der Waals surface area contributed by atoms with Gasteiger partial charge in [-0.3, -0.25) is 0 Å². The Bertz CT molecular complexity index is 26.7. The maximum atomic E-state index is 8.53. The van der Waals surface area contributed by atoms with Crippen molar-refractivity contribution in [3.63, 3.8) is 0 Å². The molecule has 0 amide bonds. The van der Waals surface area contributed by atoms with Crippen LogP contribution in [0.5, 0.6) is 0 Å². The van der Waals surface area contributed by atoms with E-state index in [0.717, 1.165) is 6.42 Å². The SMILES string of the molecule is CCC(O)CCl. The van der Waals surface area contributed by atoms with E-state index in [-0.39, 0.29) is 6.10 Å². The molecule has 2 heteroatoms. The Morgan fingerprint density at radius 2 is 2.33 bits per heavy atom. The Balaban J connectivity index is 2.75. The summed E-state index contributed by atoms with van der Waals surface area (Å²) in [6, 6.07) is 0. The lowest BCUT2D eigenvalue weighted by Gasteiger charge is -1.96. The van der Waals surface area contributed by atoms with Crippen LogP contribution in [-0.4, -0.2) is 17.1 Å². The highest BCUT2D eigenvalue weighted by molar-refractivity contribution is 6.18. The number of hydrogen-bond acceptors (Lipinski definition) is 1. The summed E-state index contributed by atoms with van der Waals surface area (Å²) in [6.45, 7) is 1.90. The Morgan fingerprint density at radius 3 is 2.33 bits per heavy atom. The first-order valence-corrected chi connectivity index (χ1v) is 2.58. The summed E-state index contributed by atoms with van der Waals surface area (Å²) in [6.07, 6.45) is 0.454. The van der Waals surface area contributed by atoms with Crippen LogP contribution in [0.2, 0.25) is 0 Å². The Morgan fingerprint density at radius 1 is 1.83 bits per heavy atom. The van der Waals surface area contributed by atoms with Crippen molar-refractivity contribution in [1.82, 2.24) is 0 Å². The second-order valence-electron chi connectivity index (χ2n) is 1.22. The highest BCUT2D eigenvalue weighted by atomic mass is 35.5. The van der Waals surface area contributed by atoms with Gasteiger partial charge in [0.1, 0.15) is 0 Å². The molecule has 38 valence electrons. The molecule has 0 spiro atoms. The fourth-order valence-corrected chi connectivity index (χ4v) is 0.327. The third kappa shape index (κ3) is 2.49. The number of aliphatic hydroxyl groups excluding tert-OH is 1. The normalized spacial score (nSPS) is 14.5. The molecule has 1 nitrogen and oxygen atoms in total. The van der Waals surface area contributed by atoms with Gasteiger partial charge >= 0.3 is 0 Å². The van der Waals surface area contributed by atoms with Gasteiger partial charge in [-0.05, 0) is 6.42 Å². The second kappa shape index (κ2) is 3.44. The summed E-state index contributed by atoms with van der Waals surface area (Å²) in [7, 11) is 0. The number of hydrogen-bond donors (Lipinski definition) is 1. The number of rotatable bonds is 2. The quantitative estimate of drug-likeness (QED) is 0.524. The summed E-state index contributed by atoms with van der Waals surface area (Å²) in [5.41, 5.74) is 0. The standard InChI is InChI=1S/C4H9ClO/c1-2-4(6)3-5/h4,6H,2-3H2,1H3. The maximum absolute atomic E-state index is 8.53. The minimum absolute atomic E-state index is 0.299. The van der Waals surface area contributed by atoms with E-state index in [1.165, 1.54) is 0 Å². The van der Waals surface area contributed by atoms with Gasteiger partial charge in [0.15, 0.2) is 0 Å². The zero-order chi connectivity index (χ0) is 4.99. The van der Waals surface area contributed by atoms with Crippen molar-refractivity contribution in [1.29, 1.82) is 0 Å². The Kier molecular flexibility index (Phi) is 3.58. The van der Waals surface area contributed by atoms with Gasteiger partial charge in [-0.15, -0.1) is 11.6 Å². The van der Waals surface area contributed by atoms with Crippen LogP contribution in [0.3, 0.4) is 0 Å². The first-order chi connectivity index (χ1) is 2.81. The van der Waals surface area contributed by atoms with Crippen molar-refractivity contribution in [2.45, 2.75) is 19.4 Å². The van der Waals surface area contributed by atoms with Gasteiger partial charge in [0.25, 0.3) is 0 Å². The highest BCUT2D eigenvalue weighted by Gasteiger charge is 1.92. The largest absolute Gasteiger partial charge is 0.392 e. The van der Waals surface area contributed by atoms with Gasteiger partial charge in [-0.25, -0.2) is 0 Å². The third-order valence-corrected chi connectivity index (χ3v) is 1.01. The predicted molar refractivity (Wildman–Crippen MR) is 27.0 cm³/mol. The molecule has 1 atom stereocenters. The molecule has 0 aliphatic carbocycles. The molecule has 6 heavy (non-hydrogen) atoms. The fourth-order valence-electron chi connectivity index (χ4n) is 0.109. The topological polar surface area (TPSA) is 20.2 Å². The molecule has 0 aromatic rings.